The average molecular weight is 282 g/mol. The molecule has 0 fully saturated rings. The quantitative estimate of drug-likeness (QED) is 0.372. The summed E-state index contributed by atoms with van der Waals surface area (Å²) in [4.78, 5) is 10.2. The molecule has 0 radical (unpaired) electrons. The zero-order chi connectivity index (χ0) is 9.56. The van der Waals surface area contributed by atoms with Gasteiger partial charge in [0.2, 0.25) is 0 Å². The van der Waals surface area contributed by atoms with Crippen molar-refractivity contribution in [1.82, 2.24) is 0 Å². The summed E-state index contributed by atoms with van der Waals surface area (Å²) >= 11 is 2.20. The maximum atomic E-state index is 10.2. The maximum Gasteiger partial charge on any atom is 0.506 e. The van der Waals surface area contributed by atoms with Crippen LogP contribution >= 0.6 is 22.6 Å². The second kappa shape index (κ2) is 6.12. The van der Waals surface area contributed by atoms with Crippen molar-refractivity contribution in [3.63, 3.8) is 0 Å². The number of halogens is 1. The predicted octanol–water partition coefficient (Wildman–Crippen LogP) is 2.29. The van der Waals surface area contributed by atoms with Gasteiger partial charge in [0.25, 0.3) is 0 Å². The number of hydrogen-bond acceptors (Lipinski definition) is 2. The Labute approximate surface area is 85.6 Å². The lowest BCUT2D eigenvalue weighted by molar-refractivity contribution is 0.0510. The SMILES string of the molecule is C#CCC(CC(C)I)OC(=O)O. The molecule has 0 aliphatic rings. The third-order valence-corrected chi connectivity index (χ3v) is 1.71. The largest absolute Gasteiger partial charge is 0.506 e. The molecule has 0 amide bonds. The van der Waals surface area contributed by atoms with Gasteiger partial charge in [-0.15, -0.1) is 12.3 Å². The highest BCUT2D eigenvalue weighted by Crippen LogP contribution is 2.13. The van der Waals surface area contributed by atoms with Crippen molar-refractivity contribution in [2.24, 2.45) is 0 Å². The average Bonchev–Trinajstić information content (AvgIpc) is 1.84. The molecule has 12 heavy (non-hydrogen) atoms. The summed E-state index contributed by atoms with van der Waals surface area (Å²) in [6, 6.07) is 0. The lowest BCUT2D eigenvalue weighted by Crippen LogP contribution is -2.19. The van der Waals surface area contributed by atoms with Crippen molar-refractivity contribution in [3.8, 4) is 12.3 Å². The van der Waals surface area contributed by atoms with E-state index in [0.29, 0.717) is 16.8 Å². The van der Waals surface area contributed by atoms with Gasteiger partial charge in [0.05, 0.1) is 0 Å². The van der Waals surface area contributed by atoms with E-state index in [1.54, 1.807) is 0 Å². The summed E-state index contributed by atoms with van der Waals surface area (Å²) in [7, 11) is 0. The number of rotatable bonds is 4. The standard InChI is InChI=1S/C8H11IO3/c1-3-4-7(5-6(2)9)12-8(10)11/h1,6-7H,4-5H2,2H3,(H,10,11). The summed E-state index contributed by atoms with van der Waals surface area (Å²) in [5, 5.41) is 8.33. The first-order valence-electron chi connectivity index (χ1n) is 3.53. The summed E-state index contributed by atoms with van der Waals surface area (Å²) < 4.78 is 4.93. The zero-order valence-corrected chi connectivity index (χ0v) is 8.95. The lowest BCUT2D eigenvalue weighted by atomic mass is 10.1. The minimum Gasteiger partial charge on any atom is -0.450 e. The van der Waals surface area contributed by atoms with Crippen molar-refractivity contribution in [2.45, 2.75) is 29.8 Å². The van der Waals surface area contributed by atoms with E-state index >= 15 is 0 Å². The van der Waals surface area contributed by atoms with Gasteiger partial charge in [-0.2, -0.15) is 0 Å². The van der Waals surface area contributed by atoms with Crippen LogP contribution in [0.1, 0.15) is 19.8 Å². The molecule has 0 aliphatic carbocycles. The van der Waals surface area contributed by atoms with Gasteiger partial charge in [0.1, 0.15) is 6.10 Å². The van der Waals surface area contributed by atoms with Gasteiger partial charge < -0.3 is 9.84 Å². The molecule has 0 heterocycles. The van der Waals surface area contributed by atoms with E-state index in [0.717, 1.165) is 0 Å². The lowest BCUT2D eigenvalue weighted by Gasteiger charge is -2.14. The number of ether oxygens (including phenoxy) is 1. The Bertz CT molecular complexity index is 183. The normalized spacial score (nSPS) is 14.4. The van der Waals surface area contributed by atoms with E-state index < -0.39 is 6.16 Å². The van der Waals surface area contributed by atoms with E-state index in [-0.39, 0.29) is 6.10 Å². The van der Waals surface area contributed by atoms with Gasteiger partial charge in [-0.3, -0.25) is 0 Å². The number of alkyl halides is 1. The van der Waals surface area contributed by atoms with E-state index in [9.17, 15) is 4.79 Å². The van der Waals surface area contributed by atoms with Crippen molar-refractivity contribution in [2.75, 3.05) is 0 Å². The van der Waals surface area contributed by atoms with Crippen molar-refractivity contribution in [1.29, 1.82) is 0 Å². The molecule has 0 bridgehead atoms. The van der Waals surface area contributed by atoms with E-state index in [4.69, 9.17) is 11.5 Å². The second-order valence-electron chi connectivity index (χ2n) is 2.43. The van der Waals surface area contributed by atoms with Gasteiger partial charge in [0.15, 0.2) is 0 Å². The number of carbonyl (C=O) groups is 1. The minimum absolute atomic E-state index is 0.347. The molecule has 4 heteroatoms. The molecular weight excluding hydrogens is 271 g/mol. The Kier molecular flexibility index (Phi) is 5.89. The molecule has 0 spiro atoms. The van der Waals surface area contributed by atoms with Crippen LogP contribution in [0, 0.1) is 12.3 Å². The van der Waals surface area contributed by atoms with E-state index in [1.807, 2.05) is 6.92 Å². The molecular formula is C8H11IO3. The zero-order valence-electron chi connectivity index (χ0n) is 6.79. The molecule has 0 saturated carbocycles. The van der Waals surface area contributed by atoms with Crippen molar-refractivity contribution >= 4 is 28.7 Å². The Balaban J connectivity index is 3.87. The molecule has 0 aromatic heterocycles. The third-order valence-electron chi connectivity index (χ3n) is 1.20. The highest BCUT2D eigenvalue weighted by molar-refractivity contribution is 14.1. The second-order valence-corrected chi connectivity index (χ2v) is 4.56. The maximum absolute atomic E-state index is 10.2. The Hall–Kier alpha value is -0.440. The monoisotopic (exact) mass is 282 g/mol. The first-order chi connectivity index (χ1) is 5.56. The topological polar surface area (TPSA) is 46.5 Å². The summed E-state index contributed by atoms with van der Waals surface area (Å²) in [5.74, 6) is 2.39. The fourth-order valence-corrected chi connectivity index (χ4v) is 1.38. The van der Waals surface area contributed by atoms with Gasteiger partial charge in [-0.05, 0) is 6.42 Å². The predicted molar refractivity (Wildman–Crippen MR) is 54.4 cm³/mol. The molecule has 68 valence electrons. The molecule has 0 rings (SSSR count). The molecule has 2 atom stereocenters. The summed E-state index contributed by atoms with van der Waals surface area (Å²) in [6.07, 6.45) is 4.45. The fourth-order valence-electron chi connectivity index (χ4n) is 0.809. The van der Waals surface area contributed by atoms with Crippen molar-refractivity contribution in [3.05, 3.63) is 0 Å². The van der Waals surface area contributed by atoms with Crippen LogP contribution in [0.15, 0.2) is 0 Å². The van der Waals surface area contributed by atoms with Gasteiger partial charge in [-0.1, -0.05) is 29.5 Å². The highest BCUT2D eigenvalue weighted by Gasteiger charge is 2.14. The fraction of sp³-hybridized carbons (Fsp3) is 0.625. The minimum atomic E-state index is -1.26. The van der Waals surface area contributed by atoms with Crippen LogP contribution in [0.25, 0.3) is 0 Å². The van der Waals surface area contributed by atoms with Gasteiger partial charge in [0, 0.05) is 10.3 Å². The molecule has 2 unspecified atom stereocenters. The number of hydrogen-bond donors (Lipinski definition) is 1. The summed E-state index contributed by atoms with van der Waals surface area (Å²) in [5.41, 5.74) is 0. The third kappa shape index (κ3) is 6.28. The molecule has 0 aromatic carbocycles. The number of terminal acetylenes is 1. The van der Waals surface area contributed by atoms with Crippen LogP contribution in [0.4, 0.5) is 4.79 Å². The Morgan fingerprint density at radius 1 is 1.83 bits per heavy atom. The summed E-state index contributed by atoms with van der Waals surface area (Å²) in [6.45, 7) is 1.98. The number of carboxylic acid groups (broad SMARTS) is 1. The van der Waals surface area contributed by atoms with Crippen LogP contribution in [-0.4, -0.2) is 21.3 Å². The van der Waals surface area contributed by atoms with E-state index in [2.05, 4.69) is 33.2 Å². The molecule has 0 saturated heterocycles. The molecule has 0 aliphatic heterocycles. The van der Waals surface area contributed by atoms with Gasteiger partial charge in [-0.25, -0.2) is 4.79 Å². The van der Waals surface area contributed by atoms with Gasteiger partial charge >= 0.3 is 6.16 Å². The van der Waals surface area contributed by atoms with Crippen molar-refractivity contribution < 1.29 is 14.6 Å². The highest BCUT2D eigenvalue weighted by atomic mass is 127. The van der Waals surface area contributed by atoms with Crippen LogP contribution < -0.4 is 0 Å². The molecule has 1 N–H and O–H groups in total. The Morgan fingerprint density at radius 3 is 2.75 bits per heavy atom. The first-order valence-corrected chi connectivity index (χ1v) is 4.78. The van der Waals surface area contributed by atoms with Crippen LogP contribution in [0.5, 0.6) is 0 Å². The smallest absolute Gasteiger partial charge is 0.450 e. The van der Waals surface area contributed by atoms with Crippen LogP contribution in [0.2, 0.25) is 0 Å². The van der Waals surface area contributed by atoms with Crippen LogP contribution in [-0.2, 0) is 4.74 Å². The van der Waals surface area contributed by atoms with E-state index in [1.165, 1.54) is 0 Å². The molecule has 3 nitrogen and oxygen atoms in total. The molecule has 0 aromatic rings. The Morgan fingerprint density at radius 2 is 2.42 bits per heavy atom. The van der Waals surface area contributed by atoms with Crippen LogP contribution in [0.3, 0.4) is 0 Å². The first kappa shape index (κ1) is 11.6.